The van der Waals surface area contributed by atoms with Crippen LogP contribution < -0.4 is 4.74 Å². The Morgan fingerprint density at radius 3 is 2.69 bits per heavy atom. The fourth-order valence-electron chi connectivity index (χ4n) is 3.34. The van der Waals surface area contributed by atoms with Crippen molar-refractivity contribution in [2.24, 2.45) is 0 Å². The van der Waals surface area contributed by atoms with Gasteiger partial charge in [0.25, 0.3) is 11.7 Å². The monoisotopic (exact) mass is 400 g/mol. The number of aliphatic hydroxyl groups is 1. The average Bonchev–Trinajstić information content (AvgIpc) is 2.99. The molecule has 1 atom stereocenters. The zero-order valence-electron chi connectivity index (χ0n) is 16.1. The van der Waals surface area contributed by atoms with Crippen molar-refractivity contribution < 1.29 is 28.6 Å². The van der Waals surface area contributed by atoms with Crippen molar-refractivity contribution in [2.75, 3.05) is 27.4 Å². The fourth-order valence-corrected chi connectivity index (χ4v) is 3.34. The third kappa shape index (κ3) is 3.97. The van der Waals surface area contributed by atoms with Crippen molar-refractivity contribution in [3.8, 4) is 5.75 Å². The Hall–Kier alpha value is -3.26. The first-order valence-corrected chi connectivity index (χ1v) is 9.00. The fraction of sp³-hybridized carbons (Fsp3) is 0.286. The number of amides is 1. The Kier molecular flexibility index (Phi) is 6.23. The highest BCUT2D eigenvalue weighted by atomic mass is 19.1. The summed E-state index contributed by atoms with van der Waals surface area (Å²) in [5, 5.41) is 10.8. The largest absolute Gasteiger partial charge is 0.507 e. The van der Waals surface area contributed by atoms with Gasteiger partial charge in [-0.25, -0.2) is 4.39 Å². The lowest BCUT2D eigenvalue weighted by Gasteiger charge is -2.25. The number of nitrogens with zero attached hydrogens (tertiary/aromatic N) is 2. The smallest absolute Gasteiger partial charge is 0.295 e. The molecule has 1 aromatic carbocycles. The number of carbonyl (C=O) groups excluding carboxylic acids is 2. The lowest BCUT2D eigenvalue weighted by atomic mass is 9.96. The molecule has 1 aromatic heterocycles. The molecule has 0 aliphatic carbocycles. The summed E-state index contributed by atoms with van der Waals surface area (Å²) in [6, 6.07) is 6.40. The molecule has 7 nitrogen and oxygen atoms in total. The maximum atomic E-state index is 14.1. The van der Waals surface area contributed by atoms with Gasteiger partial charge in [0.05, 0.1) is 18.7 Å². The maximum absolute atomic E-state index is 14.1. The van der Waals surface area contributed by atoms with Crippen molar-refractivity contribution >= 4 is 17.4 Å². The minimum absolute atomic E-state index is 0.00498. The summed E-state index contributed by atoms with van der Waals surface area (Å²) < 4.78 is 24.0. The molecule has 1 aliphatic heterocycles. The third-order valence-corrected chi connectivity index (χ3v) is 4.71. The zero-order valence-corrected chi connectivity index (χ0v) is 16.1. The number of aromatic nitrogens is 1. The predicted octanol–water partition coefficient (Wildman–Crippen LogP) is 2.69. The van der Waals surface area contributed by atoms with Gasteiger partial charge >= 0.3 is 0 Å². The molecule has 8 heteroatoms. The van der Waals surface area contributed by atoms with E-state index in [2.05, 4.69) is 4.98 Å². The van der Waals surface area contributed by atoms with Crippen LogP contribution in [0.2, 0.25) is 0 Å². The number of pyridine rings is 1. The van der Waals surface area contributed by atoms with Crippen LogP contribution in [0.1, 0.15) is 23.6 Å². The molecule has 1 unspecified atom stereocenters. The number of hydrogen-bond acceptors (Lipinski definition) is 6. The van der Waals surface area contributed by atoms with Crippen LogP contribution in [0.3, 0.4) is 0 Å². The summed E-state index contributed by atoms with van der Waals surface area (Å²) in [7, 11) is 2.87. The molecular weight excluding hydrogens is 379 g/mol. The predicted molar refractivity (Wildman–Crippen MR) is 103 cm³/mol. The van der Waals surface area contributed by atoms with Crippen LogP contribution in [-0.4, -0.2) is 54.1 Å². The summed E-state index contributed by atoms with van der Waals surface area (Å²) in [5.74, 6) is -2.70. The lowest BCUT2D eigenvalue weighted by molar-refractivity contribution is -0.140. The van der Waals surface area contributed by atoms with E-state index in [0.717, 1.165) is 6.07 Å². The van der Waals surface area contributed by atoms with Crippen molar-refractivity contribution in [1.29, 1.82) is 0 Å². The van der Waals surface area contributed by atoms with E-state index in [-0.39, 0.29) is 23.4 Å². The first-order valence-electron chi connectivity index (χ1n) is 9.00. The Balaban J connectivity index is 2.11. The minimum Gasteiger partial charge on any atom is -0.507 e. The van der Waals surface area contributed by atoms with E-state index in [4.69, 9.17) is 9.47 Å². The van der Waals surface area contributed by atoms with Crippen LogP contribution in [0.15, 0.2) is 48.3 Å². The van der Waals surface area contributed by atoms with Gasteiger partial charge in [-0.1, -0.05) is 6.07 Å². The summed E-state index contributed by atoms with van der Waals surface area (Å²) in [6.07, 6.45) is 3.61. The Morgan fingerprint density at radius 2 is 2.07 bits per heavy atom. The number of Topliss-reactive ketones (excluding diaryl/α,β-unsaturated/α-hetero) is 1. The van der Waals surface area contributed by atoms with Gasteiger partial charge in [0, 0.05) is 38.2 Å². The highest BCUT2D eigenvalue weighted by Gasteiger charge is 2.45. The second-order valence-electron chi connectivity index (χ2n) is 6.47. The molecule has 1 amide bonds. The standard InChI is InChI=1S/C21H21FN2O5/c1-28-10-4-9-24-18(14-5-3-8-23-12-14)17(20(26)21(24)27)19(25)13-6-7-16(29-2)15(22)11-13/h3,5-8,11-12,18,25H,4,9-10H2,1-2H3/b19-17-. The number of likely N-dealkylation sites (tertiary alicyclic amines) is 1. The number of ether oxygens (including phenoxy) is 2. The van der Waals surface area contributed by atoms with Gasteiger partial charge in [-0.3, -0.25) is 14.6 Å². The molecule has 2 heterocycles. The quantitative estimate of drug-likeness (QED) is 0.333. The lowest BCUT2D eigenvalue weighted by Crippen LogP contribution is -2.31. The van der Waals surface area contributed by atoms with Crippen LogP contribution in [0.25, 0.3) is 5.76 Å². The van der Waals surface area contributed by atoms with Gasteiger partial charge in [0.2, 0.25) is 0 Å². The topological polar surface area (TPSA) is 89.0 Å². The number of methoxy groups -OCH3 is 2. The molecule has 2 aromatic rings. The van der Waals surface area contributed by atoms with Crippen LogP contribution in [-0.2, 0) is 14.3 Å². The zero-order chi connectivity index (χ0) is 21.0. The van der Waals surface area contributed by atoms with Crippen molar-refractivity contribution in [2.45, 2.75) is 12.5 Å². The number of hydrogen-bond donors (Lipinski definition) is 1. The molecule has 0 saturated carbocycles. The van der Waals surface area contributed by atoms with Crippen LogP contribution in [0.4, 0.5) is 4.39 Å². The van der Waals surface area contributed by atoms with Gasteiger partial charge < -0.3 is 19.5 Å². The Morgan fingerprint density at radius 1 is 1.28 bits per heavy atom. The van der Waals surface area contributed by atoms with Gasteiger partial charge in [0.1, 0.15) is 5.76 Å². The summed E-state index contributed by atoms with van der Waals surface area (Å²) in [4.78, 5) is 30.9. The Labute approximate surface area is 167 Å². The van der Waals surface area contributed by atoms with Crippen molar-refractivity contribution in [1.82, 2.24) is 9.88 Å². The second-order valence-corrected chi connectivity index (χ2v) is 6.47. The normalized spacial score (nSPS) is 18.3. The molecule has 0 spiro atoms. The van der Waals surface area contributed by atoms with Gasteiger partial charge in [0.15, 0.2) is 11.6 Å². The van der Waals surface area contributed by atoms with E-state index in [1.165, 1.54) is 30.3 Å². The number of halogens is 1. The minimum atomic E-state index is -0.829. The molecule has 1 N–H and O–H groups in total. The van der Waals surface area contributed by atoms with E-state index >= 15 is 0 Å². The third-order valence-electron chi connectivity index (χ3n) is 4.71. The number of aliphatic hydroxyl groups excluding tert-OH is 1. The van der Waals surface area contributed by atoms with E-state index in [0.29, 0.717) is 18.6 Å². The SMILES string of the molecule is COCCCN1C(=O)C(=O)/C(=C(\O)c2ccc(OC)c(F)c2)C1c1cccnc1. The van der Waals surface area contributed by atoms with Gasteiger partial charge in [-0.15, -0.1) is 0 Å². The molecule has 1 saturated heterocycles. The molecule has 3 rings (SSSR count). The van der Waals surface area contributed by atoms with Crippen LogP contribution in [0.5, 0.6) is 5.75 Å². The first-order chi connectivity index (χ1) is 14.0. The Bertz CT molecular complexity index is 945. The highest BCUT2D eigenvalue weighted by molar-refractivity contribution is 6.46. The molecule has 0 radical (unpaired) electrons. The number of rotatable bonds is 7. The first kappa shape index (κ1) is 20.5. The second kappa shape index (κ2) is 8.83. The highest BCUT2D eigenvalue weighted by Crippen LogP contribution is 2.39. The van der Waals surface area contributed by atoms with Crippen molar-refractivity contribution in [3.63, 3.8) is 0 Å². The number of carbonyl (C=O) groups is 2. The van der Waals surface area contributed by atoms with E-state index in [1.807, 2.05) is 0 Å². The van der Waals surface area contributed by atoms with Crippen molar-refractivity contribution in [3.05, 3.63) is 65.2 Å². The molecule has 0 bridgehead atoms. The molecule has 1 fully saturated rings. The van der Waals surface area contributed by atoms with E-state index in [1.54, 1.807) is 25.4 Å². The average molecular weight is 400 g/mol. The number of benzene rings is 1. The number of ketones is 1. The maximum Gasteiger partial charge on any atom is 0.295 e. The van der Waals surface area contributed by atoms with E-state index in [9.17, 15) is 19.1 Å². The summed E-state index contributed by atoms with van der Waals surface area (Å²) >= 11 is 0. The summed E-state index contributed by atoms with van der Waals surface area (Å²) in [6.45, 7) is 0.665. The molecule has 1 aliphatic rings. The summed E-state index contributed by atoms with van der Waals surface area (Å²) in [5.41, 5.74) is 0.539. The van der Waals surface area contributed by atoms with Gasteiger partial charge in [-0.05, 0) is 36.2 Å². The molecular formula is C21H21FN2O5. The molecule has 152 valence electrons. The van der Waals surface area contributed by atoms with E-state index < -0.39 is 29.3 Å². The van der Waals surface area contributed by atoms with Crippen LogP contribution in [0, 0.1) is 5.82 Å². The van der Waals surface area contributed by atoms with Crippen LogP contribution >= 0.6 is 0 Å². The molecule has 29 heavy (non-hydrogen) atoms. The van der Waals surface area contributed by atoms with Gasteiger partial charge in [-0.2, -0.15) is 0 Å².